The zero-order valence-electron chi connectivity index (χ0n) is 6.88. The molecule has 1 atom stereocenters. The summed E-state index contributed by atoms with van der Waals surface area (Å²) < 4.78 is 0. The van der Waals surface area contributed by atoms with Gasteiger partial charge < -0.3 is 0 Å². The van der Waals surface area contributed by atoms with Crippen molar-refractivity contribution in [2.24, 2.45) is 0 Å². The Kier molecular flexibility index (Phi) is 1.65. The number of aryl methyl sites for hydroxylation is 1. The Balaban J connectivity index is 2.44. The molecule has 0 saturated heterocycles. The number of hydrogen-bond acceptors (Lipinski definition) is 1. The topological polar surface area (TPSA) is 12.9 Å². The highest BCUT2D eigenvalue weighted by atomic mass is 14.7. The van der Waals surface area contributed by atoms with Gasteiger partial charge in [-0.1, -0.05) is 13.0 Å². The summed E-state index contributed by atoms with van der Waals surface area (Å²) in [7, 11) is 0. The molecule has 0 amide bonds. The zero-order chi connectivity index (χ0) is 7.68. The Bertz CT molecular complexity index is 255. The van der Waals surface area contributed by atoms with E-state index in [4.69, 9.17) is 0 Å². The summed E-state index contributed by atoms with van der Waals surface area (Å²) in [4.78, 5) is 4.40. The molecule has 0 fully saturated rings. The fourth-order valence-electron chi connectivity index (χ4n) is 1.84. The average molecular weight is 147 g/mol. The molecule has 0 saturated carbocycles. The zero-order valence-corrected chi connectivity index (χ0v) is 6.88. The van der Waals surface area contributed by atoms with E-state index in [-0.39, 0.29) is 0 Å². The first kappa shape index (κ1) is 6.84. The van der Waals surface area contributed by atoms with E-state index in [0.29, 0.717) is 5.92 Å². The summed E-state index contributed by atoms with van der Waals surface area (Å²) >= 11 is 0. The van der Waals surface area contributed by atoms with Crippen molar-refractivity contribution >= 4 is 0 Å². The van der Waals surface area contributed by atoms with E-state index in [9.17, 15) is 0 Å². The number of rotatable bonds is 0. The van der Waals surface area contributed by atoms with Gasteiger partial charge in [0.2, 0.25) is 0 Å². The lowest BCUT2D eigenvalue weighted by atomic mass is 9.88. The Morgan fingerprint density at radius 1 is 1.55 bits per heavy atom. The normalized spacial score (nSPS) is 22.8. The van der Waals surface area contributed by atoms with Gasteiger partial charge in [-0.25, -0.2) is 0 Å². The van der Waals surface area contributed by atoms with Gasteiger partial charge in [-0.05, 0) is 36.8 Å². The van der Waals surface area contributed by atoms with Crippen molar-refractivity contribution < 1.29 is 0 Å². The van der Waals surface area contributed by atoms with Crippen LogP contribution in [0.25, 0.3) is 0 Å². The van der Waals surface area contributed by atoms with E-state index >= 15 is 0 Å². The first-order valence-corrected chi connectivity index (χ1v) is 4.31. The number of nitrogens with zero attached hydrogens (tertiary/aromatic N) is 1. The average Bonchev–Trinajstić information content (AvgIpc) is 2.06. The Morgan fingerprint density at radius 2 is 2.45 bits per heavy atom. The van der Waals surface area contributed by atoms with Crippen molar-refractivity contribution in [1.29, 1.82) is 0 Å². The summed E-state index contributed by atoms with van der Waals surface area (Å²) in [5, 5.41) is 0. The monoisotopic (exact) mass is 147 g/mol. The predicted octanol–water partition coefficient (Wildman–Crippen LogP) is 2.52. The van der Waals surface area contributed by atoms with Gasteiger partial charge in [0.25, 0.3) is 0 Å². The molecule has 58 valence electrons. The molecule has 2 rings (SSSR count). The third-order valence-corrected chi connectivity index (χ3v) is 2.48. The molecule has 1 aliphatic carbocycles. The standard InChI is InChI=1S/C10H13N/c1-8-4-2-5-9-6-3-7-11-10(8)9/h3,6-8H,2,4-5H2,1H3/t8-/m0/s1. The molecule has 1 heterocycles. The van der Waals surface area contributed by atoms with Crippen molar-refractivity contribution in [1.82, 2.24) is 4.98 Å². The lowest BCUT2D eigenvalue weighted by Gasteiger charge is -2.20. The second kappa shape index (κ2) is 2.65. The van der Waals surface area contributed by atoms with Crippen LogP contribution in [0.2, 0.25) is 0 Å². The molecular weight excluding hydrogens is 134 g/mol. The predicted molar refractivity (Wildman–Crippen MR) is 45.6 cm³/mol. The van der Waals surface area contributed by atoms with Gasteiger partial charge in [-0.3, -0.25) is 4.98 Å². The first-order valence-electron chi connectivity index (χ1n) is 4.31. The highest BCUT2D eigenvalue weighted by Gasteiger charge is 2.15. The van der Waals surface area contributed by atoms with Crippen LogP contribution in [-0.2, 0) is 6.42 Å². The van der Waals surface area contributed by atoms with Crippen LogP contribution in [-0.4, -0.2) is 4.98 Å². The fraction of sp³-hybridized carbons (Fsp3) is 0.500. The minimum absolute atomic E-state index is 0.681. The molecule has 0 bridgehead atoms. The molecule has 0 spiro atoms. The quantitative estimate of drug-likeness (QED) is 0.549. The molecule has 0 aliphatic heterocycles. The molecule has 1 aromatic rings. The molecule has 1 nitrogen and oxygen atoms in total. The second-order valence-electron chi connectivity index (χ2n) is 3.34. The van der Waals surface area contributed by atoms with Crippen molar-refractivity contribution in [3.05, 3.63) is 29.6 Å². The van der Waals surface area contributed by atoms with Crippen LogP contribution in [0.3, 0.4) is 0 Å². The van der Waals surface area contributed by atoms with Crippen molar-refractivity contribution in [2.45, 2.75) is 32.1 Å². The fourth-order valence-corrected chi connectivity index (χ4v) is 1.84. The van der Waals surface area contributed by atoms with Crippen LogP contribution in [0, 0.1) is 0 Å². The third kappa shape index (κ3) is 1.15. The minimum atomic E-state index is 0.681. The van der Waals surface area contributed by atoms with Crippen LogP contribution < -0.4 is 0 Å². The summed E-state index contributed by atoms with van der Waals surface area (Å²) in [5.74, 6) is 0.681. The third-order valence-electron chi connectivity index (χ3n) is 2.48. The molecular formula is C10H13N. The van der Waals surface area contributed by atoms with E-state index in [1.807, 2.05) is 12.3 Å². The van der Waals surface area contributed by atoms with E-state index in [0.717, 1.165) is 0 Å². The molecule has 0 unspecified atom stereocenters. The van der Waals surface area contributed by atoms with Gasteiger partial charge in [-0.15, -0.1) is 0 Å². The van der Waals surface area contributed by atoms with Crippen LogP contribution in [0.1, 0.15) is 36.9 Å². The highest BCUT2D eigenvalue weighted by Crippen LogP contribution is 2.28. The summed E-state index contributed by atoms with van der Waals surface area (Å²) in [5.41, 5.74) is 2.80. The van der Waals surface area contributed by atoms with Gasteiger partial charge in [0, 0.05) is 11.9 Å². The van der Waals surface area contributed by atoms with E-state index in [1.54, 1.807) is 0 Å². The number of aromatic nitrogens is 1. The molecule has 1 aliphatic rings. The van der Waals surface area contributed by atoms with Crippen LogP contribution >= 0.6 is 0 Å². The maximum Gasteiger partial charge on any atom is 0.0463 e. The maximum absolute atomic E-state index is 4.40. The minimum Gasteiger partial charge on any atom is -0.261 e. The van der Waals surface area contributed by atoms with Gasteiger partial charge in [0.05, 0.1) is 0 Å². The smallest absolute Gasteiger partial charge is 0.0463 e. The maximum atomic E-state index is 4.40. The van der Waals surface area contributed by atoms with Crippen molar-refractivity contribution in [3.63, 3.8) is 0 Å². The Morgan fingerprint density at radius 3 is 3.27 bits per heavy atom. The molecule has 1 aromatic heterocycles. The number of fused-ring (bicyclic) bond motifs is 1. The van der Waals surface area contributed by atoms with Crippen molar-refractivity contribution in [2.75, 3.05) is 0 Å². The van der Waals surface area contributed by atoms with Crippen LogP contribution in [0.5, 0.6) is 0 Å². The number of hydrogen-bond donors (Lipinski definition) is 0. The van der Waals surface area contributed by atoms with Gasteiger partial charge >= 0.3 is 0 Å². The van der Waals surface area contributed by atoms with Gasteiger partial charge in [0.15, 0.2) is 0 Å². The SMILES string of the molecule is C[C@H]1CCCc2cccnc21. The first-order chi connectivity index (χ1) is 5.38. The summed E-state index contributed by atoms with van der Waals surface area (Å²) in [6.07, 6.45) is 5.78. The molecule has 11 heavy (non-hydrogen) atoms. The molecule has 1 heteroatoms. The van der Waals surface area contributed by atoms with Gasteiger partial charge in [0.1, 0.15) is 0 Å². The molecule has 0 N–H and O–H groups in total. The lowest BCUT2D eigenvalue weighted by Crippen LogP contribution is -2.08. The molecule has 0 radical (unpaired) electrons. The van der Waals surface area contributed by atoms with Crippen molar-refractivity contribution in [3.8, 4) is 0 Å². The lowest BCUT2D eigenvalue weighted by molar-refractivity contribution is 0.573. The van der Waals surface area contributed by atoms with Crippen LogP contribution in [0.4, 0.5) is 0 Å². The molecule has 0 aromatic carbocycles. The Hall–Kier alpha value is -0.850. The van der Waals surface area contributed by atoms with E-state index in [2.05, 4.69) is 18.0 Å². The summed E-state index contributed by atoms with van der Waals surface area (Å²) in [6, 6.07) is 4.24. The number of pyridine rings is 1. The van der Waals surface area contributed by atoms with Crippen LogP contribution in [0.15, 0.2) is 18.3 Å². The highest BCUT2D eigenvalue weighted by molar-refractivity contribution is 5.25. The Labute approximate surface area is 67.5 Å². The van der Waals surface area contributed by atoms with E-state index < -0.39 is 0 Å². The largest absolute Gasteiger partial charge is 0.261 e. The van der Waals surface area contributed by atoms with Gasteiger partial charge in [-0.2, -0.15) is 0 Å². The summed E-state index contributed by atoms with van der Waals surface area (Å²) in [6.45, 7) is 2.27. The second-order valence-corrected chi connectivity index (χ2v) is 3.34. The van der Waals surface area contributed by atoms with E-state index in [1.165, 1.54) is 30.5 Å².